The fourth-order valence-electron chi connectivity index (χ4n) is 2.36. The molecule has 124 valence electrons. The summed E-state index contributed by atoms with van der Waals surface area (Å²) in [5, 5.41) is 7.12. The molecule has 6 nitrogen and oxygen atoms in total. The molecular weight excluding hydrogens is 292 g/mol. The molecule has 1 saturated carbocycles. The van der Waals surface area contributed by atoms with Gasteiger partial charge in [-0.05, 0) is 39.5 Å². The number of hydrogen-bond donors (Lipinski definition) is 2. The zero-order chi connectivity index (χ0) is 16.8. The number of rotatable bonds is 5. The van der Waals surface area contributed by atoms with E-state index in [1.54, 1.807) is 0 Å². The lowest BCUT2D eigenvalue weighted by Crippen LogP contribution is -2.36. The Morgan fingerprint density at radius 3 is 2.61 bits per heavy atom. The lowest BCUT2D eigenvalue weighted by atomic mass is 10.1. The Labute approximate surface area is 136 Å². The van der Waals surface area contributed by atoms with Crippen molar-refractivity contribution in [2.75, 3.05) is 5.32 Å². The molecule has 3 rings (SSSR count). The number of furan rings is 1. The van der Waals surface area contributed by atoms with Gasteiger partial charge in [-0.1, -0.05) is 13.8 Å². The zero-order valence-corrected chi connectivity index (χ0v) is 14.4. The van der Waals surface area contributed by atoms with E-state index in [0.29, 0.717) is 34.2 Å². The van der Waals surface area contributed by atoms with Gasteiger partial charge in [0.2, 0.25) is 5.71 Å². The van der Waals surface area contributed by atoms with Crippen LogP contribution in [0.2, 0.25) is 0 Å². The molecule has 0 aromatic carbocycles. The van der Waals surface area contributed by atoms with Crippen molar-refractivity contribution in [1.82, 2.24) is 15.3 Å². The normalized spacial score (nSPS) is 17.3. The second-order valence-electron chi connectivity index (χ2n) is 7.14. The summed E-state index contributed by atoms with van der Waals surface area (Å²) in [7, 11) is 0. The summed E-state index contributed by atoms with van der Waals surface area (Å²) in [6.45, 7) is 10.1. The summed E-state index contributed by atoms with van der Waals surface area (Å²) in [6.07, 6.45) is 3.67. The summed E-state index contributed by atoms with van der Waals surface area (Å²) in [6, 6.07) is 0.0798. The largest absolute Gasteiger partial charge is 0.445 e. The number of aromatic nitrogens is 2. The number of aryl methyl sites for hydroxylation is 1. The summed E-state index contributed by atoms with van der Waals surface area (Å²) >= 11 is 0. The number of nitrogens with one attached hydrogen (secondary N) is 2. The fraction of sp³-hybridized carbons (Fsp3) is 0.588. The fourth-order valence-corrected chi connectivity index (χ4v) is 2.36. The van der Waals surface area contributed by atoms with Crippen LogP contribution in [0.15, 0.2) is 10.7 Å². The first kappa shape index (κ1) is 15.8. The zero-order valence-electron chi connectivity index (χ0n) is 14.4. The van der Waals surface area contributed by atoms with Gasteiger partial charge in [-0.15, -0.1) is 0 Å². The molecule has 1 atom stereocenters. The van der Waals surface area contributed by atoms with Crippen molar-refractivity contribution in [3.63, 3.8) is 0 Å². The lowest BCUT2D eigenvalue weighted by molar-refractivity contribution is 0.0931. The second-order valence-corrected chi connectivity index (χ2v) is 7.14. The number of anilines is 1. The molecule has 1 aliphatic carbocycles. The van der Waals surface area contributed by atoms with E-state index in [4.69, 9.17) is 4.42 Å². The Balaban J connectivity index is 1.99. The lowest BCUT2D eigenvalue weighted by Gasteiger charge is -2.17. The van der Waals surface area contributed by atoms with Gasteiger partial charge in [0.25, 0.3) is 5.91 Å². The van der Waals surface area contributed by atoms with Crippen LogP contribution < -0.4 is 10.6 Å². The molecule has 1 fully saturated rings. The van der Waals surface area contributed by atoms with E-state index in [9.17, 15) is 4.79 Å². The maximum absolute atomic E-state index is 12.6. The minimum Gasteiger partial charge on any atom is -0.445 e. The first-order chi connectivity index (χ1) is 10.8. The van der Waals surface area contributed by atoms with Gasteiger partial charge >= 0.3 is 0 Å². The highest BCUT2D eigenvalue weighted by molar-refractivity contribution is 6.09. The number of nitrogens with zero attached hydrogens (tertiary/aromatic N) is 2. The van der Waals surface area contributed by atoms with Gasteiger partial charge in [0, 0.05) is 11.6 Å². The molecule has 6 heteroatoms. The number of fused-ring (bicyclic) bond motifs is 1. The van der Waals surface area contributed by atoms with E-state index in [1.165, 1.54) is 6.26 Å². The van der Waals surface area contributed by atoms with Crippen LogP contribution in [0.5, 0.6) is 0 Å². The van der Waals surface area contributed by atoms with E-state index >= 15 is 0 Å². The van der Waals surface area contributed by atoms with Crippen molar-refractivity contribution < 1.29 is 9.21 Å². The Morgan fingerprint density at radius 1 is 1.30 bits per heavy atom. The average Bonchev–Trinajstić information content (AvgIpc) is 3.02. The maximum Gasteiger partial charge on any atom is 0.255 e. The molecule has 2 aromatic rings. The van der Waals surface area contributed by atoms with Gasteiger partial charge in [0.15, 0.2) is 0 Å². The molecule has 1 unspecified atom stereocenters. The number of carbonyl (C=O) groups is 1. The SMILES string of the molecule is Cc1nc(NC2(C)CC2)c2c(C(=O)NC(C)C(C)C)coc2n1. The van der Waals surface area contributed by atoms with Gasteiger partial charge in [-0.3, -0.25) is 4.79 Å². The smallest absolute Gasteiger partial charge is 0.255 e. The first-order valence-electron chi connectivity index (χ1n) is 8.14. The molecule has 0 spiro atoms. The first-order valence-corrected chi connectivity index (χ1v) is 8.14. The van der Waals surface area contributed by atoms with E-state index in [1.807, 2.05) is 13.8 Å². The van der Waals surface area contributed by atoms with Crippen molar-refractivity contribution in [2.24, 2.45) is 5.92 Å². The van der Waals surface area contributed by atoms with Gasteiger partial charge < -0.3 is 15.1 Å². The maximum atomic E-state index is 12.6. The quantitative estimate of drug-likeness (QED) is 0.885. The summed E-state index contributed by atoms with van der Waals surface area (Å²) < 4.78 is 5.52. The highest BCUT2D eigenvalue weighted by Gasteiger charge is 2.38. The van der Waals surface area contributed by atoms with Crippen LogP contribution in [-0.2, 0) is 0 Å². The molecule has 23 heavy (non-hydrogen) atoms. The molecule has 2 aromatic heterocycles. The average molecular weight is 316 g/mol. The van der Waals surface area contributed by atoms with Crippen LogP contribution in [0.25, 0.3) is 11.1 Å². The molecule has 0 radical (unpaired) electrons. The molecule has 0 aliphatic heterocycles. The minimum absolute atomic E-state index is 0.0595. The van der Waals surface area contributed by atoms with Gasteiger partial charge in [0.1, 0.15) is 17.9 Å². The third-order valence-electron chi connectivity index (χ3n) is 4.57. The molecule has 0 saturated heterocycles. The third-order valence-corrected chi connectivity index (χ3v) is 4.57. The number of hydrogen-bond acceptors (Lipinski definition) is 5. The summed E-state index contributed by atoms with van der Waals surface area (Å²) in [4.78, 5) is 21.4. The van der Waals surface area contributed by atoms with E-state index in [0.717, 1.165) is 12.8 Å². The molecule has 1 amide bonds. The van der Waals surface area contributed by atoms with Crippen molar-refractivity contribution in [3.05, 3.63) is 17.7 Å². The minimum atomic E-state index is -0.151. The molecule has 0 bridgehead atoms. The Morgan fingerprint density at radius 2 is 2.00 bits per heavy atom. The Kier molecular flexibility index (Phi) is 3.78. The number of amides is 1. The van der Waals surface area contributed by atoms with Crippen molar-refractivity contribution in [1.29, 1.82) is 0 Å². The number of carbonyl (C=O) groups excluding carboxylic acids is 1. The predicted octanol–water partition coefficient (Wildman–Crippen LogP) is 3.27. The van der Waals surface area contributed by atoms with Crippen LogP contribution in [0.3, 0.4) is 0 Å². The predicted molar refractivity (Wildman–Crippen MR) is 89.6 cm³/mol. The van der Waals surface area contributed by atoms with Crippen LogP contribution in [0.4, 0.5) is 5.82 Å². The second kappa shape index (κ2) is 5.51. The third kappa shape index (κ3) is 3.16. The molecule has 2 N–H and O–H groups in total. The Bertz CT molecular complexity index is 746. The van der Waals surface area contributed by atoms with E-state index < -0.39 is 0 Å². The van der Waals surface area contributed by atoms with Crippen LogP contribution in [0, 0.1) is 12.8 Å². The van der Waals surface area contributed by atoms with Gasteiger partial charge in [0.05, 0.1) is 10.9 Å². The van der Waals surface area contributed by atoms with Gasteiger partial charge in [-0.2, -0.15) is 4.98 Å². The highest BCUT2D eigenvalue weighted by atomic mass is 16.3. The van der Waals surface area contributed by atoms with Crippen molar-refractivity contribution >= 4 is 22.8 Å². The molecule has 1 aliphatic rings. The van der Waals surface area contributed by atoms with Crippen LogP contribution >= 0.6 is 0 Å². The van der Waals surface area contributed by atoms with Gasteiger partial charge in [-0.25, -0.2) is 4.98 Å². The van der Waals surface area contributed by atoms with Crippen LogP contribution in [-0.4, -0.2) is 27.5 Å². The molecule has 2 heterocycles. The van der Waals surface area contributed by atoms with Crippen molar-refractivity contribution in [3.8, 4) is 0 Å². The molecular formula is C17H24N4O2. The topological polar surface area (TPSA) is 80.0 Å². The van der Waals surface area contributed by atoms with Crippen molar-refractivity contribution in [2.45, 2.75) is 59.0 Å². The van der Waals surface area contributed by atoms with Crippen LogP contribution in [0.1, 0.15) is 56.7 Å². The van der Waals surface area contributed by atoms with E-state index in [2.05, 4.69) is 41.4 Å². The van der Waals surface area contributed by atoms with E-state index in [-0.39, 0.29) is 17.5 Å². The standard InChI is InChI=1S/C17H24N4O2/c1-9(2)10(3)18-15(22)12-8-23-16-13(12)14(19-11(4)20-16)21-17(5)6-7-17/h8-10H,6-7H2,1-5H3,(H,18,22)(H,19,20,21). The highest BCUT2D eigenvalue weighted by Crippen LogP contribution is 2.39. The summed E-state index contributed by atoms with van der Waals surface area (Å²) in [5.41, 5.74) is 0.995. The Hall–Kier alpha value is -2.11. The summed E-state index contributed by atoms with van der Waals surface area (Å²) in [5.74, 6) is 1.52. The monoisotopic (exact) mass is 316 g/mol.